The second-order valence-electron chi connectivity index (χ2n) is 8.35. The maximum Gasteiger partial charge on any atom is 0.219 e. The van der Waals surface area contributed by atoms with Gasteiger partial charge in [0, 0.05) is 18.2 Å². The van der Waals surface area contributed by atoms with Gasteiger partial charge in [-0.05, 0) is 44.1 Å². The quantitative estimate of drug-likeness (QED) is 0.591. The van der Waals surface area contributed by atoms with E-state index in [4.69, 9.17) is 0 Å². The Kier molecular flexibility index (Phi) is 4.41. The molecule has 156 valence electrons. The summed E-state index contributed by atoms with van der Waals surface area (Å²) < 4.78 is 29.0. The van der Waals surface area contributed by atoms with Crippen LogP contribution in [-0.2, 0) is 10.0 Å². The number of rotatable bonds is 6. The van der Waals surface area contributed by atoms with Crippen molar-refractivity contribution in [3.05, 3.63) is 23.8 Å². The highest BCUT2D eigenvalue weighted by molar-refractivity contribution is 7.90. The van der Waals surface area contributed by atoms with Gasteiger partial charge in [0.2, 0.25) is 10.0 Å². The summed E-state index contributed by atoms with van der Waals surface area (Å²) in [5.74, 6) is 1.20. The van der Waals surface area contributed by atoms with Gasteiger partial charge in [-0.1, -0.05) is 13.3 Å². The summed E-state index contributed by atoms with van der Waals surface area (Å²) >= 11 is 0. The average molecular weight is 419 g/mol. The molecule has 3 atom stereocenters. The minimum Gasteiger partial charge on any atom is -0.380 e. The van der Waals surface area contributed by atoms with Gasteiger partial charge in [0.05, 0.1) is 17.0 Å². The highest BCUT2D eigenvalue weighted by Crippen LogP contribution is 2.45. The topological polar surface area (TPSA) is 116 Å². The molecule has 5 rings (SSSR count). The molecular formula is C19H26N6O3S. The molecule has 0 bridgehead atoms. The van der Waals surface area contributed by atoms with Gasteiger partial charge in [-0.15, -0.1) is 10.2 Å². The van der Waals surface area contributed by atoms with Gasteiger partial charge in [0.25, 0.3) is 0 Å². The van der Waals surface area contributed by atoms with Crippen LogP contribution >= 0.6 is 0 Å². The van der Waals surface area contributed by atoms with E-state index < -0.39 is 16.8 Å². The number of hydrogen-bond acceptors (Lipinski definition) is 6. The molecule has 0 radical (unpaired) electrons. The van der Waals surface area contributed by atoms with Crippen LogP contribution in [0, 0.1) is 12.8 Å². The van der Waals surface area contributed by atoms with Crippen LogP contribution in [0.3, 0.4) is 0 Å². The second kappa shape index (κ2) is 6.75. The second-order valence-corrected chi connectivity index (χ2v) is 10.5. The lowest BCUT2D eigenvalue weighted by atomic mass is 9.93. The SMILES string of the molecule is CCC1CC(N(CO)S(=O)(=O)C2CC2)CC1c1nnc2cnc3[nH]cc(C)c3n12. The molecule has 0 aliphatic heterocycles. The molecule has 3 aromatic rings. The van der Waals surface area contributed by atoms with Crippen molar-refractivity contribution in [2.75, 3.05) is 6.73 Å². The molecule has 2 N–H and O–H groups in total. The number of aliphatic hydroxyl groups is 1. The van der Waals surface area contributed by atoms with Crippen molar-refractivity contribution >= 4 is 26.8 Å². The number of nitrogens with one attached hydrogen (secondary N) is 1. The van der Waals surface area contributed by atoms with Gasteiger partial charge in [0.1, 0.15) is 12.6 Å². The molecule has 2 saturated carbocycles. The summed E-state index contributed by atoms with van der Waals surface area (Å²) in [5, 5.41) is 18.4. The first-order valence-electron chi connectivity index (χ1n) is 10.2. The van der Waals surface area contributed by atoms with Crippen molar-refractivity contribution in [3.8, 4) is 0 Å². The molecule has 9 nitrogen and oxygen atoms in total. The Hall–Kier alpha value is -2.04. The normalized spacial score (nSPS) is 25.6. The van der Waals surface area contributed by atoms with Crippen LogP contribution in [0.4, 0.5) is 0 Å². The third kappa shape index (κ3) is 2.88. The lowest BCUT2D eigenvalue weighted by Gasteiger charge is -2.26. The van der Waals surface area contributed by atoms with Crippen molar-refractivity contribution in [2.24, 2.45) is 5.92 Å². The van der Waals surface area contributed by atoms with E-state index in [1.54, 1.807) is 6.20 Å². The van der Waals surface area contributed by atoms with E-state index >= 15 is 0 Å². The molecule has 0 spiro atoms. The predicted molar refractivity (Wildman–Crippen MR) is 108 cm³/mol. The zero-order valence-electron chi connectivity index (χ0n) is 16.6. The van der Waals surface area contributed by atoms with Crippen LogP contribution in [0.5, 0.6) is 0 Å². The smallest absolute Gasteiger partial charge is 0.219 e. The molecule has 10 heteroatoms. The summed E-state index contributed by atoms with van der Waals surface area (Å²) in [7, 11) is -3.43. The third-order valence-corrected chi connectivity index (χ3v) is 9.00. The zero-order valence-corrected chi connectivity index (χ0v) is 17.4. The van der Waals surface area contributed by atoms with Crippen molar-refractivity contribution in [1.82, 2.24) is 28.9 Å². The molecule has 3 unspecified atom stereocenters. The maximum atomic E-state index is 12.8. The molecule has 3 heterocycles. The maximum absolute atomic E-state index is 12.8. The number of hydrogen-bond donors (Lipinski definition) is 2. The standard InChI is InChI=1S/C19H26N6O3S/c1-3-12-6-13(24(10-26)29(27,28)14-4-5-14)7-15(12)19-23-22-16-9-21-18-17(25(16)19)11(2)8-20-18/h8-9,12-15,20,26H,3-7,10H2,1-2H3. The first-order chi connectivity index (χ1) is 14.0. The fourth-order valence-electron chi connectivity index (χ4n) is 4.92. The van der Waals surface area contributed by atoms with E-state index in [1.807, 2.05) is 13.1 Å². The van der Waals surface area contributed by atoms with Crippen molar-refractivity contribution in [3.63, 3.8) is 0 Å². The number of aryl methyl sites for hydroxylation is 1. The van der Waals surface area contributed by atoms with Gasteiger partial charge in [-0.3, -0.25) is 4.40 Å². The average Bonchev–Trinajstić information content (AvgIpc) is 3.21. The zero-order chi connectivity index (χ0) is 20.3. The highest BCUT2D eigenvalue weighted by atomic mass is 32.2. The lowest BCUT2D eigenvalue weighted by molar-refractivity contribution is 0.144. The Balaban J connectivity index is 1.56. The summed E-state index contributed by atoms with van der Waals surface area (Å²) in [6, 6.07) is -0.211. The minimum atomic E-state index is -3.43. The Morgan fingerprint density at radius 3 is 2.79 bits per heavy atom. The molecular weight excluding hydrogens is 392 g/mol. The fraction of sp³-hybridized carbons (Fsp3) is 0.632. The Bertz CT molecular complexity index is 1170. The molecule has 29 heavy (non-hydrogen) atoms. The number of aliphatic hydroxyl groups excluding tert-OH is 1. The fourth-order valence-corrected chi connectivity index (χ4v) is 6.79. The Morgan fingerprint density at radius 2 is 2.10 bits per heavy atom. The highest BCUT2D eigenvalue weighted by Gasteiger charge is 2.47. The van der Waals surface area contributed by atoms with Crippen molar-refractivity contribution < 1.29 is 13.5 Å². The van der Waals surface area contributed by atoms with Gasteiger partial charge in [0.15, 0.2) is 11.3 Å². The van der Waals surface area contributed by atoms with E-state index in [2.05, 4.69) is 31.5 Å². The van der Waals surface area contributed by atoms with Gasteiger partial charge in [-0.25, -0.2) is 13.4 Å². The number of aromatic amines is 1. The summed E-state index contributed by atoms with van der Waals surface area (Å²) in [4.78, 5) is 7.61. The van der Waals surface area contributed by atoms with Gasteiger partial charge < -0.3 is 10.1 Å². The molecule has 2 fully saturated rings. The van der Waals surface area contributed by atoms with Crippen LogP contribution in [-0.4, -0.2) is 60.4 Å². The third-order valence-electron chi connectivity index (χ3n) is 6.61. The lowest BCUT2D eigenvalue weighted by Crippen LogP contribution is -2.41. The number of nitrogens with zero attached hydrogens (tertiary/aromatic N) is 5. The molecule has 0 amide bonds. The summed E-state index contributed by atoms with van der Waals surface area (Å²) in [5.41, 5.74) is 3.51. The predicted octanol–water partition coefficient (Wildman–Crippen LogP) is 1.93. The van der Waals surface area contributed by atoms with E-state index in [1.165, 1.54) is 4.31 Å². The van der Waals surface area contributed by atoms with E-state index in [9.17, 15) is 13.5 Å². The van der Waals surface area contributed by atoms with Crippen LogP contribution < -0.4 is 0 Å². The molecule has 0 saturated heterocycles. The van der Waals surface area contributed by atoms with Crippen LogP contribution in [0.25, 0.3) is 16.8 Å². The number of fused-ring (bicyclic) bond motifs is 3. The molecule has 0 aromatic carbocycles. The molecule has 3 aromatic heterocycles. The number of H-pyrrole nitrogens is 1. The first kappa shape index (κ1) is 19.0. The van der Waals surface area contributed by atoms with E-state index in [0.717, 1.165) is 35.4 Å². The molecule has 2 aliphatic rings. The van der Waals surface area contributed by atoms with Crippen molar-refractivity contribution in [2.45, 2.75) is 63.2 Å². The Morgan fingerprint density at radius 1 is 1.31 bits per heavy atom. The number of aromatic nitrogens is 5. The largest absolute Gasteiger partial charge is 0.380 e. The first-order valence-corrected chi connectivity index (χ1v) is 11.7. The van der Waals surface area contributed by atoms with Crippen LogP contribution in [0.1, 0.15) is 56.3 Å². The van der Waals surface area contributed by atoms with E-state index in [0.29, 0.717) is 24.9 Å². The molecule has 2 aliphatic carbocycles. The Labute approximate surface area is 169 Å². The number of sulfonamides is 1. The summed E-state index contributed by atoms with van der Waals surface area (Å²) in [6.07, 6.45) is 7.30. The minimum absolute atomic E-state index is 0.0725. The van der Waals surface area contributed by atoms with Gasteiger partial charge in [-0.2, -0.15) is 4.31 Å². The van der Waals surface area contributed by atoms with E-state index in [-0.39, 0.29) is 23.1 Å². The monoisotopic (exact) mass is 418 g/mol. The van der Waals surface area contributed by atoms with Crippen LogP contribution in [0.15, 0.2) is 12.4 Å². The van der Waals surface area contributed by atoms with Gasteiger partial charge >= 0.3 is 0 Å². The summed E-state index contributed by atoms with van der Waals surface area (Å²) in [6.45, 7) is 3.69. The van der Waals surface area contributed by atoms with Crippen LogP contribution in [0.2, 0.25) is 0 Å². The van der Waals surface area contributed by atoms with Crippen molar-refractivity contribution in [1.29, 1.82) is 0 Å².